The standard InChI is InChI=1S/C14H20O4Si/c1-5-13(15)18-14(6-2)19(16-3,17-4)12-10-8-7-9-11-12/h5,7-11,14H,1,6H2,2-4H3. The van der Waals surface area contributed by atoms with Crippen molar-refractivity contribution in [3.8, 4) is 0 Å². The average Bonchev–Trinajstić information content (AvgIpc) is 2.48. The Balaban J connectivity index is 3.16. The van der Waals surface area contributed by atoms with Crippen molar-refractivity contribution < 1.29 is 18.4 Å². The Morgan fingerprint density at radius 1 is 1.32 bits per heavy atom. The number of esters is 1. The molecule has 0 fully saturated rings. The molecule has 1 rings (SSSR count). The Kier molecular flexibility index (Phi) is 5.94. The van der Waals surface area contributed by atoms with Crippen molar-refractivity contribution in [3.05, 3.63) is 43.0 Å². The molecule has 0 N–H and O–H groups in total. The minimum Gasteiger partial charge on any atom is -0.457 e. The molecule has 1 atom stereocenters. The summed E-state index contributed by atoms with van der Waals surface area (Å²) < 4.78 is 16.8. The van der Waals surface area contributed by atoms with Gasteiger partial charge in [-0.25, -0.2) is 4.79 Å². The molecular formula is C14H20O4Si. The normalized spacial score (nSPS) is 12.8. The van der Waals surface area contributed by atoms with E-state index in [0.29, 0.717) is 6.42 Å². The minimum atomic E-state index is -2.82. The van der Waals surface area contributed by atoms with Crippen LogP contribution in [0.4, 0.5) is 0 Å². The lowest BCUT2D eigenvalue weighted by Gasteiger charge is -2.33. The van der Waals surface area contributed by atoms with Gasteiger partial charge in [-0.1, -0.05) is 43.8 Å². The Hall–Kier alpha value is -1.43. The summed E-state index contributed by atoms with van der Waals surface area (Å²) in [4.78, 5) is 11.5. The van der Waals surface area contributed by atoms with E-state index in [2.05, 4.69) is 6.58 Å². The van der Waals surface area contributed by atoms with Crippen LogP contribution in [0, 0.1) is 0 Å². The third-order valence-electron chi connectivity index (χ3n) is 3.00. The van der Waals surface area contributed by atoms with Crippen LogP contribution in [0.1, 0.15) is 13.3 Å². The molecule has 0 aromatic heterocycles. The molecule has 5 heteroatoms. The highest BCUT2D eigenvalue weighted by Crippen LogP contribution is 2.18. The molecule has 1 aromatic carbocycles. The van der Waals surface area contributed by atoms with Gasteiger partial charge in [0.1, 0.15) is 5.73 Å². The minimum absolute atomic E-state index is 0.421. The van der Waals surface area contributed by atoms with Crippen molar-refractivity contribution in [1.82, 2.24) is 0 Å². The SMILES string of the molecule is C=CC(=O)OC(CC)[Si](OC)(OC)c1ccccc1. The fraction of sp³-hybridized carbons (Fsp3) is 0.357. The number of rotatable bonds is 7. The van der Waals surface area contributed by atoms with Crippen LogP contribution < -0.4 is 5.19 Å². The predicted octanol–water partition coefficient (Wildman–Crippen LogP) is 1.68. The lowest BCUT2D eigenvalue weighted by atomic mass is 10.4. The summed E-state index contributed by atoms with van der Waals surface area (Å²) >= 11 is 0. The number of hydrogen-bond acceptors (Lipinski definition) is 4. The third-order valence-corrected chi connectivity index (χ3v) is 6.73. The van der Waals surface area contributed by atoms with Crippen LogP contribution in [0.3, 0.4) is 0 Å². The summed E-state index contributed by atoms with van der Waals surface area (Å²) in [6.45, 7) is 5.35. The quantitative estimate of drug-likeness (QED) is 0.433. The van der Waals surface area contributed by atoms with Gasteiger partial charge in [0.15, 0.2) is 0 Å². The number of ether oxygens (including phenoxy) is 1. The van der Waals surface area contributed by atoms with Gasteiger partial charge in [-0.3, -0.25) is 0 Å². The second-order valence-corrected chi connectivity index (χ2v) is 7.35. The lowest BCUT2D eigenvalue weighted by molar-refractivity contribution is -0.141. The smallest absolute Gasteiger partial charge is 0.414 e. The van der Waals surface area contributed by atoms with Crippen LogP contribution in [0.5, 0.6) is 0 Å². The highest BCUT2D eigenvalue weighted by molar-refractivity contribution is 6.82. The molecule has 0 bridgehead atoms. The molecule has 0 amide bonds. The van der Waals surface area contributed by atoms with Crippen LogP contribution in [-0.2, 0) is 18.4 Å². The maximum Gasteiger partial charge on any atom is 0.414 e. The molecule has 0 heterocycles. The van der Waals surface area contributed by atoms with E-state index < -0.39 is 20.3 Å². The van der Waals surface area contributed by atoms with E-state index >= 15 is 0 Å². The van der Waals surface area contributed by atoms with Gasteiger partial charge in [0.05, 0.1) is 0 Å². The molecule has 0 spiro atoms. The first kappa shape index (κ1) is 15.6. The molecule has 0 radical (unpaired) electrons. The van der Waals surface area contributed by atoms with Gasteiger partial charge in [-0.05, 0) is 11.6 Å². The van der Waals surface area contributed by atoms with Gasteiger partial charge >= 0.3 is 14.5 Å². The first-order valence-corrected chi connectivity index (χ1v) is 8.02. The highest BCUT2D eigenvalue weighted by Gasteiger charge is 2.48. The van der Waals surface area contributed by atoms with Crippen molar-refractivity contribution in [2.45, 2.75) is 19.1 Å². The molecule has 4 nitrogen and oxygen atoms in total. The number of carbonyl (C=O) groups excluding carboxylic acids is 1. The molecule has 0 aliphatic rings. The average molecular weight is 280 g/mol. The molecule has 1 unspecified atom stereocenters. The van der Waals surface area contributed by atoms with Gasteiger partial charge in [0.2, 0.25) is 0 Å². The van der Waals surface area contributed by atoms with E-state index in [4.69, 9.17) is 13.6 Å². The van der Waals surface area contributed by atoms with E-state index in [1.807, 2.05) is 37.3 Å². The molecule has 0 aliphatic heterocycles. The van der Waals surface area contributed by atoms with Crippen molar-refractivity contribution in [2.75, 3.05) is 14.2 Å². The van der Waals surface area contributed by atoms with Crippen LogP contribution >= 0.6 is 0 Å². The van der Waals surface area contributed by atoms with Gasteiger partial charge in [-0.2, -0.15) is 0 Å². The van der Waals surface area contributed by atoms with E-state index in [9.17, 15) is 4.79 Å². The van der Waals surface area contributed by atoms with Gasteiger partial charge < -0.3 is 13.6 Å². The zero-order valence-electron chi connectivity index (χ0n) is 11.6. The summed E-state index contributed by atoms with van der Waals surface area (Å²) in [5.41, 5.74) is -0.421. The highest BCUT2D eigenvalue weighted by atomic mass is 28.4. The molecular weight excluding hydrogens is 260 g/mol. The summed E-state index contributed by atoms with van der Waals surface area (Å²) in [5.74, 6) is -0.464. The molecule has 19 heavy (non-hydrogen) atoms. The number of benzene rings is 1. The van der Waals surface area contributed by atoms with Crippen LogP contribution in [0.15, 0.2) is 43.0 Å². The largest absolute Gasteiger partial charge is 0.457 e. The first-order chi connectivity index (χ1) is 9.14. The van der Waals surface area contributed by atoms with Gasteiger partial charge in [-0.15, -0.1) is 0 Å². The molecule has 0 saturated heterocycles. The monoisotopic (exact) mass is 280 g/mol. The van der Waals surface area contributed by atoms with E-state index in [1.165, 1.54) is 0 Å². The van der Waals surface area contributed by atoms with Gasteiger partial charge in [0, 0.05) is 20.3 Å². The van der Waals surface area contributed by atoms with E-state index in [1.54, 1.807) is 14.2 Å². The molecule has 0 saturated carbocycles. The second kappa shape index (κ2) is 7.23. The summed E-state index contributed by atoms with van der Waals surface area (Å²) in [5, 5.41) is 0.934. The van der Waals surface area contributed by atoms with Crippen molar-refractivity contribution >= 4 is 19.7 Å². The summed E-state index contributed by atoms with van der Waals surface area (Å²) in [6.07, 6.45) is 1.76. The maximum atomic E-state index is 11.5. The molecule has 0 aliphatic carbocycles. The van der Waals surface area contributed by atoms with Crippen LogP contribution in [-0.4, -0.2) is 34.5 Å². The zero-order chi connectivity index (χ0) is 14.3. The number of hydrogen-bond donors (Lipinski definition) is 0. The number of carbonyl (C=O) groups is 1. The predicted molar refractivity (Wildman–Crippen MR) is 76.2 cm³/mol. The van der Waals surface area contributed by atoms with Crippen molar-refractivity contribution in [3.63, 3.8) is 0 Å². The lowest BCUT2D eigenvalue weighted by Crippen LogP contribution is -2.62. The second-order valence-electron chi connectivity index (χ2n) is 3.98. The Bertz CT molecular complexity index is 415. The van der Waals surface area contributed by atoms with Crippen LogP contribution in [0.25, 0.3) is 0 Å². The maximum absolute atomic E-state index is 11.5. The first-order valence-electron chi connectivity index (χ1n) is 6.13. The molecule has 1 aromatic rings. The Morgan fingerprint density at radius 2 is 1.89 bits per heavy atom. The van der Waals surface area contributed by atoms with Crippen molar-refractivity contribution in [2.24, 2.45) is 0 Å². The Labute approximate surface area is 115 Å². The zero-order valence-corrected chi connectivity index (χ0v) is 12.6. The van der Waals surface area contributed by atoms with Gasteiger partial charge in [0.25, 0.3) is 0 Å². The Morgan fingerprint density at radius 3 is 2.32 bits per heavy atom. The fourth-order valence-electron chi connectivity index (χ4n) is 2.06. The summed E-state index contributed by atoms with van der Waals surface area (Å²) in [7, 11) is 0.362. The molecule has 104 valence electrons. The van der Waals surface area contributed by atoms with E-state index in [-0.39, 0.29) is 0 Å². The van der Waals surface area contributed by atoms with E-state index in [0.717, 1.165) is 11.3 Å². The van der Waals surface area contributed by atoms with Crippen LogP contribution in [0.2, 0.25) is 0 Å². The third kappa shape index (κ3) is 3.31. The van der Waals surface area contributed by atoms with Crippen molar-refractivity contribution in [1.29, 1.82) is 0 Å². The fourth-order valence-corrected chi connectivity index (χ4v) is 5.06. The summed E-state index contributed by atoms with van der Waals surface area (Å²) in [6, 6.07) is 9.62. The topological polar surface area (TPSA) is 44.8 Å².